The molecule has 0 saturated carbocycles. The summed E-state index contributed by atoms with van der Waals surface area (Å²) in [6, 6.07) is 6.40. The second-order valence-electron chi connectivity index (χ2n) is 7.04. The van der Waals surface area contributed by atoms with Crippen LogP contribution in [-0.4, -0.2) is 47.3 Å². The molecule has 0 radical (unpaired) electrons. The van der Waals surface area contributed by atoms with Gasteiger partial charge in [-0.2, -0.15) is 0 Å². The van der Waals surface area contributed by atoms with Crippen LogP contribution in [0.3, 0.4) is 0 Å². The molecule has 2 heterocycles. The fourth-order valence-electron chi connectivity index (χ4n) is 2.82. The van der Waals surface area contributed by atoms with Crippen LogP contribution in [0.15, 0.2) is 53.5 Å². The van der Waals surface area contributed by atoms with Gasteiger partial charge in [-0.1, -0.05) is 0 Å². The highest BCUT2D eigenvalue weighted by Gasteiger charge is 2.24. The van der Waals surface area contributed by atoms with Crippen LogP contribution in [0, 0.1) is 5.92 Å². The van der Waals surface area contributed by atoms with Crippen molar-refractivity contribution in [2.45, 2.75) is 19.4 Å². The van der Waals surface area contributed by atoms with Gasteiger partial charge in [0.1, 0.15) is 23.4 Å². The van der Waals surface area contributed by atoms with Crippen LogP contribution in [0.5, 0.6) is 17.5 Å². The number of ether oxygens (including phenoxy) is 2. The molecule has 0 aliphatic carbocycles. The zero-order chi connectivity index (χ0) is 23.1. The van der Waals surface area contributed by atoms with E-state index >= 15 is 0 Å². The third-order valence-corrected chi connectivity index (χ3v) is 4.65. The molecule has 1 aliphatic rings. The molecule has 1 aromatic carbocycles. The molecular weight excluding hydrogens is 414 g/mol. The summed E-state index contributed by atoms with van der Waals surface area (Å²) in [6.45, 7) is 2.20. The van der Waals surface area contributed by atoms with Gasteiger partial charge in [0.15, 0.2) is 0 Å². The van der Waals surface area contributed by atoms with Gasteiger partial charge in [0, 0.05) is 12.1 Å². The minimum atomic E-state index is -0.597. The highest BCUT2D eigenvalue weighted by atomic mass is 16.5. The number of methoxy groups -OCH3 is 1. The smallest absolute Gasteiger partial charge is 0.242 e. The number of aliphatic imine (C=N–C) groups is 1. The SMILES string of the molecule is COc1cnc(Oc2ccc(/C(N)=N/C(=C\C(C)C(N)=O)N[C@H]3CCNC3=O)cc2)cn1. The van der Waals surface area contributed by atoms with E-state index < -0.39 is 17.9 Å². The number of nitrogens with two attached hydrogens (primary N) is 2. The van der Waals surface area contributed by atoms with Gasteiger partial charge in [0.2, 0.25) is 23.6 Å². The molecule has 1 saturated heterocycles. The molecule has 32 heavy (non-hydrogen) atoms. The Morgan fingerprint density at radius 1 is 1.25 bits per heavy atom. The first kappa shape index (κ1) is 22.5. The fraction of sp³-hybridized carbons (Fsp3) is 0.286. The summed E-state index contributed by atoms with van der Waals surface area (Å²) in [7, 11) is 1.50. The number of amides is 2. The molecule has 11 nitrogen and oxygen atoms in total. The third-order valence-electron chi connectivity index (χ3n) is 4.65. The number of rotatable bonds is 9. The summed E-state index contributed by atoms with van der Waals surface area (Å²) in [4.78, 5) is 35.9. The number of carbonyl (C=O) groups excluding carboxylic acids is 2. The van der Waals surface area contributed by atoms with Crippen molar-refractivity contribution in [3.8, 4) is 17.5 Å². The van der Waals surface area contributed by atoms with Crippen molar-refractivity contribution in [1.82, 2.24) is 20.6 Å². The zero-order valence-electron chi connectivity index (χ0n) is 17.7. The van der Waals surface area contributed by atoms with Gasteiger partial charge in [-0.25, -0.2) is 15.0 Å². The lowest BCUT2D eigenvalue weighted by Gasteiger charge is -2.14. The highest BCUT2D eigenvalue weighted by molar-refractivity contribution is 5.98. The average molecular weight is 439 g/mol. The normalized spacial score (nSPS) is 17.4. The molecule has 1 aliphatic heterocycles. The fourth-order valence-corrected chi connectivity index (χ4v) is 2.82. The lowest BCUT2D eigenvalue weighted by Crippen LogP contribution is -2.36. The van der Waals surface area contributed by atoms with Crippen molar-refractivity contribution in [3.63, 3.8) is 0 Å². The van der Waals surface area contributed by atoms with E-state index in [4.69, 9.17) is 20.9 Å². The molecule has 168 valence electrons. The van der Waals surface area contributed by atoms with Crippen molar-refractivity contribution in [1.29, 1.82) is 0 Å². The van der Waals surface area contributed by atoms with Crippen LogP contribution >= 0.6 is 0 Å². The van der Waals surface area contributed by atoms with Crippen LogP contribution in [0.2, 0.25) is 0 Å². The summed E-state index contributed by atoms with van der Waals surface area (Å²) in [5, 5.41) is 5.77. The number of carbonyl (C=O) groups is 2. The molecule has 0 spiro atoms. The standard InChI is InChI=1S/C21H25N7O4/c1-12(20(23)29)9-16(27-15-7-8-24-21(15)30)28-19(22)13-3-5-14(6-4-13)32-18-11-25-17(31-2)10-26-18/h3-6,9-12,15,27H,7-8H2,1-2H3,(H2,22,28)(H2,23,29)(H,24,30)/b16-9-/t12?,15-/m0/s1. The van der Waals surface area contributed by atoms with Gasteiger partial charge in [0.25, 0.3) is 0 Å². The second-order valence-corrected chi connectivity index (χ2v) is 7.04. The Labute approximate surface area is 184 Å². The minimum absolute atomic E-state index is 0.139. The van der Waals surface area contributed by atoms with Gasteiger partial charge in [-0.05, 0) is 43.7 Å². The van der Waals surface area contributed by atoms with E-state index in [1.54, 1.807) is 37.3 Å². The van der Waals surface area contributed by atoms with Gasteiger partial charge >= 0.3 is 0 Å². The van der Waals surface area contributed by atoms with Crippen molar-refractivity contribution in [2.75, 3.05) is 13.7 Å². The molecule has 1 unspecified atom stereocenters. The Morgan fingerprint density at radius 3 is 2.50 bits per heavy atom. The number of hydrogen-bond acceptors (Lipinski definition) is 8. The van der Waals surface area contributed by atoms with Crippen LogP contribution < -0.4 is 31.6 Å². The van der Waals surface area contributed by atoms with Crippen molar-refractivity contribution in [3.05, 3.63) is 54.1 Å². The number of amidine groups is 1. The molecule has 1 fully saturated rings. The van der Waals surface area contributed by atoms with Crippen LogP contribution in [0.1, 0.15) is 18.9 Å². The second kappa shape index (κ2) is 10.2. The van der Waals surface area contributed by atoms with E-state index in [9.17, 15) is 9.59 Å². The summed E-state index contributed by atoms with van der Waals surface area (Å²) in [5.74, 6) is 0.454. The van der Waals surface area contributed by atoms with E-state index in [0.29, 0.717) is 41.9 Å². The number of benzene rings is 1. The van der Waals surface area contributed by atoms with Gasteiger partial charge in [-0.3, -0.25) is 9.59 Å². The molecule has 6 N–H and O–H groups in total. The summed E-state index contributed by atoms with van der Waals surface area (Å²) in [5.41, 5.74) is 12.1. The maximum Gasteiger partial charge on any atom is 0.242 e. The monoisotopic (exact) mass is 439 g/mol. The molecule has 2 amide bonds. The Bertz CT molecular complexity index is 1020. The molecule has 0 bridgehead atoms. The Hall–Kier alpha value is -4.15. The van der Waals surface area contributed by atoms with Gasteiger partial charge in [-0.15, -0.1) is 0 Å². The third kappa shape index (κ3) is 5.94. The summed E-state index contributed by atoms with van der Waals surface area (Å²) < 4.78 is 10.6. The Morgan fingerprint density at radius 2 is 1.94 bits per heavy atom. The van der Waals surface area contributed by atoms with E-state index in [1.807, 2.05) is 0 Å². The Balaban J connectivity index is 1.75. The first-order chi connectivity index (χ1) is 15.4. The zero-order valence-corrected chi connectivity index (χ0v) is 17.7. The van der Waals surface area contributed by atoms with Crippen LogP contribution in [0.25, 0.3) is 0 Å². The van der Waals surface area contributed by atoms with E-state index in [-0.39, 0.29) is 11.7 Å². The van der Waals surface area contributed by atoms with Crippen LogP contribution in [0.4, 0.5) is 0 Å². The summed E-state index contributed by atoms with van der Waals surface area (Å²) in [6.07, 6.45) is 5.04. The molecule has 11 heteroatoms. The lowest BCUT2D eigenvalue weighted by atomic mass is 10.1. The van der Waals surface area contributed by atoms with Crippen LogP contribution in [-0.2, 0) is 9.59 Å². The number of nitrogens with one attached hydrogen (secondary N) is 2. The predicted octanol–water partition coefficient (Wildman–Crippen LogP) is 0.424. The maximum absolute atomic E-state index is 11.9. The van der Waals surface area contributed by atoms with Gasteiger partial charge in [0.05, 0.1) is 25.4 Å². The highest BCUT2D eigenvalue weighted by Crippen LogP contribution is 2.20. The minimum Gasteiger partial charge on any atom is -0.480 e. The molecular formula is C21H25N7O4. The summed E-state index contributed by atoms with van der Waals surface area (Å²) >= 11 is 0. The topological polar surface area (TPSA) is 167 Å². The molecule has 1 aromatic heterocycles. The number of primary amides is 1. The number of aromatic nitrogens is 2. The lowest BCUT2D eigenvalue weighted by molar-refractivity contribution is -0.121. The maximum atomic E-state index is 11.9. The first-order valence-corrected chi connectivity index (χ1v) is 9.89. The van der Waals surface area contributed by atoms with E-state index in [1.165, 1.54) is 19.5 Å². The average Bonchev–Trinajstić information content (AvgIpc) is 3.18. The molecule has 3 rings (SSSR count). The first-order valence-electron chi connectivity index (χ1n) is 9.89. The Kier molecular flexibility index (Phi) is 7.21. The largest absolute Gasteiger partial charge is 0.480 e. The number of hydrogen-bond donors (Lipinski definition) is 4. The molecule has 2 atom stereocenters. The number of nitrogens with zero attached hydrogens (tertiary/aromatic N) is 3. The molecule has 2 aromatic rings. The van der Waals surface area contributed by atoms with Crippen molar-refractivity contribution in [2.24, 2.45) is 22.4 Å². The van der Waals surface area contributed by atoms with Crippen molar-refractivity contribution < 1.29 is 19.1 Å². The van der Waals surface area contributed by atoms with Gasteiger partial charge < -0.3 is 31.6 Å². The van der Waals surface area contributed by atoms with Crippen molar-refractivity contribution >= 4 is 17.6 Å². The quantitative estimate of drug-likeness (QED) is 0.322. The van der Waals surface area contributed by atoms with E-state index in [0.717, 1.165) is 0 Å². The predicted molar refractivity (Wildman–Crippen MR) is 117 cm³/mol. The van der Waals surface area contributed by atoms with E-state index in [2.05, 4.69) is 25.6 Å².